The number of aryl methyl sites for hydroxylation is 1. The molecule has 30 heavy (non-hydrogen) atoms. The van der Waals surface area contributed by atoms with Crippen molar-refractivity contribution in [2.24, 2.45) is 17.3 Å². The third-order valence-corrected chi connectivity index (χ3v) is 7.07. The predicted molar refractivity (Wildman–Crippen MR) is 104 cm³/mol. The van der Waals surface area contributed by atoms with E-state index in [0.717, 1.165) is 38.4 Å². The van der Waals surface area contributed by atoms with Gasteiger partial charge in [0.15, 0.2) is 0 Å². The second kappa shape index (κ2) is 7.11. The number of likely N-dealkylation sites (tertiary alicyclic amines) is 1. The first kappa shape index (κ1) is 21.4. The Kier molecular flexibility index (Phi) is 5.07. The maximum absolute atomic E-state index is 12.9. The number of amides is 1. The van der Waals surface area contributed by atoms with Crippen LogP contribution in [0.3, 0.4) is 0 Å². The van der Waals surface area contributed by atoms with E-state index in [1.165, 1.54) is 13.0 Å². The molecular formula is C22H29F3N2O3. The van der Waals surface area contributed by atoms with Gasteiger partial charge in [-0.15, -0.1) is 0 Å². The summed E-state index contributed by atoms with van der Waals surface area (Å²) in [6.07, 6.45) is -0.781. The fraction of sp³-hybridized carbons (Fsp3) is 0.727. The van der Waals surface area contributed by atoms with E-state index in [4.69, 9.17) is 4.74 Å². The number of aliphatic hydroxyl groups is 1. The van der Waals surface area contributed by atoms with Gasteiger partial charge in [-0.25, -0.2) is 4.98 Å². The lowest BCUT2D eigenvalue weighted by Gasteiger charge is -2.56. The molecule has 2 saturated carbocycles. The highest BCUT2D eigenvalue weighted by Gasteiger charge is 2.52. The summed E-state index contributed by atoms with van der Waals surface area (Å²) in [5.41, 5.74) is -1.40. The largest absolute Gasteiger partial charge is 0.474 e. The lowest BCUT2D eigenvalue weighted by molar-refractivity contribution is -0.166. The molecule has 1 N–H and O–H groups in total. The van der Waals surface area contributed by atoms with Gasteiger partial charge in [-0.3, -0.25) is 4.79 Å². The molecule has 2 aliphatic carbocycles. The van der Waals surface area contributed by atoms with Crippen molar-refractivity contribution in [2.75, 3.05) is 13.1 Å². The summed E-state index contributed by atoms with van der Waals surface area (Å²) < 4.78 is 44.7. The maximum Gasteiger partial charge on any atom is 0.418 e. The van der Waals surface area contributed by atoms with Gasteiger partial charge in [-0.1, -0.05) is 6.92 Å². The van der Waals surface area contributed by atoms with E-state index in [0.29, 0.717) is 12.8 Å². The summed E-state index contributed by atoms with van der Waals surface area (Å²) in [5.74, 6) is 0.562. The van der Waals surface area contributed by atoms with Crippen LogP contribution in [0.25, 0.3) is 0 Å². The molecule has 1 aromatic rings. The fourth-order valence-corrected chi connectivity index (χ4v) is 5.52. The summed E-state index contributed by atoms with van der Waals surface area (Å²) >= 11 is 0. The van der Waals surface area contributed by atoms with Gasteiger partial charge in [0.2, 0.25) is 11.8 Å². The fourth-order valence-electron chi connectivity index (χ4n) is 5.52. The Morgan fingerprint density at radius 1 is 1.27 bits per heavy atom. The zero-order valence-electron chi connectivity index (χ0n) is 17.6. The van der Waals surface area contributed by atoms with E-state index in [-0.39, 0.29) is 40.8 Å². The van der Waals surface area contributed by atoms with Crippen LogP contribution in [-0.2, 0) is 11.0 Å². The zero-order valence-corrected chi connectivity index (χ0v) is 17.6. The van der Waals surface area contributed by atoms with Crippen molar-refractivity contribution in [2.45, 2.75) is 70.8 Å². The molecule has 8 heteroatoms. The van der Waals surface area contributed by atoms with E-state index < -0.39 is 17.3 Å². The van der Waals surface area contributed by atoms with Crippen LogP contribution in [0.5, 0.6) is 5.88 Å². The van der Waals surface area contributed by atoms with Crippen molar-refractivity contribution >= 4 is 5.91 Å². The highest BCUT2D eigenvalue weighted by molar-refractivity contribution is 5.81. The van der Waals surface area contributed by atoms with Crippen LogP contribution < -0.4 is 4.74 Å². The van der Waals surface area contributed by atoms with Crippen molar-refractivity contribution in [3.05, 3.63) is 23.4 Å². The molecule has 3 fully saturated rings. The zero-order chi connectivity index (χ0) is 21.9. The van der Waals surface area contributed by atoms with E-state index in [2.05, 4.69) is 11.9 Å². The van der Waals surface area contributed by atoms with Crippen molar-refractivity contribution in [3.8, 4) is 5.88 Å². The number of nitrogens with zero attached hydrogens (tertiary/aromatic N) is 2. The minimum absolute atomic E-state index is 0.0524. The topological polar surface area (TPSA) is 62.7 Å². The summed E-state index contributed by atoms with van der Waals surface area (Å²) in [4.78, 5) is 18.5. The number of hydrogen-bond donors (Lipinski definition) is 1. The van der Waals surface area contributed by atoms with Gasteiger partial charge in [0.25, 0.3) is 0 Å². The standard InChI is InChI=1S/C22H29F3N2O3/c1-13-8-21(11-27(12-21)19(28)15-9-20(3,29)10-15)7-6-17(13)30-18-5-4-16(14(2)26-18)22(23,24)25/h4-5,13,15,17,29H,6-12H2,1-3H3/t13-,15-,17-,20+/m0/s1. The molecule has 2 atom stereocenters. The molecule has 1 spiro atoms. The molecule has 0 bridgehead atoms. The van der Waals surface area contributed by atoms with E-state index in [9.17, 15) is 23.1 Å². The number of aromatic nitrogens is 1. The molecule has 0 unspecified atom stereocenters. The molecule has 2 heterocycles. The molecule has 1 aliphatic heterocycles. The number of rotatable bonds is 3. The second-order valence-corrected chi connectivity index (χ2v) is 9.95. The van der Waals surface area contributed by atoms with Crippen LogP contribution in [-0.4, -0.2) is 45.7 Å². The Morgan fingerprint density at radius 2 is 1.93 bits per heavy atom. The summed E-state index contributed by atoms with van der Waals surface area (Å²) in [5, 5.41) is 9.86. The van der Waals surface area contributed by atoms with E-state index in [1.54, 1.807) is 6.92 Å². The summed E-state index contributed by atoms with van der Waals surface area (Å²) in [6, 6.07) is 2.32. The monoisotopic (exact) mass is 426 g/mol. The van der Waals surface area contributed by atoms with Crippen LogP contribution in [0.4, 0.5) is 13.2 Å². The van der Waals surface area contributed by atoms with Crippen molar-refractivity contribution in [1.29, 1.82) is 0 Å². The van der Waals surface area contributed by atoms with Crippen molar-refractivity contribution in [3.63, 3.8) is 0 Å². The molecule has 1 saturated heterocycles. The van der Waals surface area contributed by atoms with Crippen LogP contribution in [0.2, 0.25) is 0 Å². The Labute approximate surface area is 174 Å². The molecule has 0 radical (unpaired) electrons. The Bertz CT molecular complexity index is 825. The first-order chi connectivity index (χ1) is 13.9. The number of halogens is 3. The lowest BCUT2D eigenvalue weighted by Crippen LogP contribution is -2.63. The van der Waals surface area contributed by atoms with Gasteiger partial charge in [0.05, 0.1) is 16.9 Å². The number of pyridine rings is 1. The van der Waals surface area contributed by atoms with Crippen LogP contribution in [0, 0.1) is 24.2 Å². The van der Waals surface area contributed by atoms with E-state index >= 15 is 0 Å². The molecule has 166 valence electrons. The third kappa shape index (κ3) is 4.03. The normalized spacial score (nSPS) is 33.0. The van der Waals surface area contributed by atoms with Crippen molar-refractivity contribution < 1.29 is 27.8 Å². The van der Waals surface area contributed by atoms with Gasteiger partial charge in [-0.2, -0.15) is 13.2 Å². The first-order valence-electron chi connectivity index (χ1n) is 10.6. The molecular weight excluding hydrogens is 397 g/mol. The first-order valence-corrected chi connectivity index (χ1v) is 10.6. The van der Waals surface area contributed by atoms with Crippen LogP contribution >= 0.6 is 0 Å². The van der Waals surface area contributed by atoms with Crippen molar-refractivity contribution in [1.82, 2.24) is 9.88 Å². The van der Waals surface area contributed by atoms with Gasteiger partial charge in [0, 0.05) is 30.5 Å². The molecule has 1 aromatic heterocycles. The minimum Gasteiger partial charge on any atom is -0.474 e. The lowest BCUT2D eigenvalue weighted by atomic mass is 9.63. The number of hydrogen-bond acceptors (Lipinski definition) is 4. The molecule has 0 aromatic carbocycles. The van der Waals surface area contributed by atoms with E-state index in [1.807, 2.05) is 4.90 Å². The molecule has 4 rings (SSSR count). The van der Waals surface area contributed by atoms with Gasteiger partial charge in [0.1, 0.15) is 6.10 Å². The summed E-state index contributed by atoms with van der Waals surface area (Å²) in [7, 11) is 0. The number of carbonyl (C=O) groups is 1. The Balaban J connectivity index is 1.30. The quantitative estimate of drug-likeness (QED) is 0.795. The van der Waals surface area contributed by atoms with Gasteiger partial charge >= 0.3 is 6.18 Å². The number of carbonyl (C=O) groups excluding carboxylic acids is 1. The second-order valence-electron chi connectivity index (χ2n) is 9.95. The summed E-state index contributed by atoms with van der Waals surface area (Å²) in [6.45, 7) is 6.70. The average molecular weight is 426 g/mol. The minimum atomic E-state index is -4.41. The smallest absolute Gasteiger partial charge is 0.418 e. The SMILES string of the molecule is Cc1nc(O[C@H]2CCC3(C[C@@H]2C)CN(C(=O)[C@H]2C[C@@](C)(O)C2)C3)ccc1C(F)(F)F. The Morgan fingerprint density at radius 3 is 2.47 bits per heavy atom. The van der Waals surface area contributed by atoms with Gasteiger partial charge in [-0.05, 0) is 57.9 Å². The molecule has 3 aliphatic rings. The van der Waals surface area contributed by atoms with Crippen LogP contribution in [0.15, 0.2) is 12.1 Å². The third-order valence-electron chi connectivity index (χ3n) is 7.07. The van der Waals surface area contributed by atoms with Crippen LogP contribution in [0.1, 0.15) is 57.2 Å². The van der Waals surface area contributed by atoms with Gasteiger partial charge < -0.3 is 14.7 Å². The highest BCUT2D eigenvalue weighted by Crippen LogP contribution is 2.49. The average Bonchev–Trinajstić information content (AvgIpc) is 2.57. The number of alkyl halides is 3. The number of ether oxygens (including phenoxy) is 1. The molecule has 1 amide bonds. The predicted octanol–water partition coefficient (Wildman–Crippen LogP) is 3.97. The molecule has 5 nitrogen and oxygen atoms in total. The highest BCUT2D eigenvalue weighted by atomic mass is 19.4. The Hall–Kier alpha value is -1.83. The maximum atomic E-state index is 12.9.